The Labute approximate surface area is 121 Å². The van der Waals surface area contributed by atoms with E-state index in [1.807, 2.05) is 0 Å². The van der Waals surface area contributed by atoms with Crippen molar-refractivity contribution in [1.82, 2.24) is 0 Å². The smallest absolute Gasteiger partial charge is 0.344 e. The number of rotatable bonds is 9. The van der Waals surface area contributed by atoms with E-state index in [9.17, 15) is 4.79 Å². The van der Waals surface area contributed by atoms with Crippen LogP contribution in [0, 0.1) is 5.92 Å². The molecule has 112 valence electrons. The van der Waals surface area contributed by atoms with Gasteiger partial charge >= 0.3 is 5.97 Å². The van der Waals surface area contributed by atoms with E-state index in [-0.39, 0.29) is 12.6 Å². The lowest BCUT2D eigenvalue weighted by atomic mass is 10.0. The van der Waals surface area contributed by atoms with Gasteiger partial charge in [0.25, 0.3) is 0 Å². The number of hydrogen-bond donors (Lipinski definition) is 1. The van der Waals surface area contributed by atoms with Crippen molar-refractivity contribution >= 4 is 11.7 Å². The van der Waals surface area contributed by atoms with Crippen LogP contribution in [0.4, 0.5) is 5.69 Å². The van der Waals surface area contributed by atoms with Crippen molar-refractivity contribution in [3.63, 3.8) is 0 Å². The van der Waals surface area contributed by atoms with E-state index in [4.69, 9.17) is 15.2 Å². The average molecular weight is 279 g/mol. The summed E-state index contributed by atoms with van der Waals surface area (Å²) in [5.41, 5.74) is 6.24. The van der Waals surface area contributed by atoms with Crippen LogP contribution >= 0.6 is 0 Å². The van der Waals surface area contributed by atoms with Crippen molar-refractivity contribution in [1.29, 1.82) is 0 Å². The molecule has 0 amide bonds. The number of nitrogen functional groups attached to an aromatic ring is 1. The van der Waals surface area contributed by atoms with Gasteiger partial charge in [-0.1, -0.05) is 33.1 Å². The number of anilines is 1. The molecule has 4 heteroatoms. The molecule has 0 aromatic heterocycles. The molecular formula is C16H25NO3. The van der Waals surface area contributed by atoms with E-state index in [2.05, 4.69) is 13.8 Å². The quantitative estimate of drug-likeness (QED) is 0.556. The lowest BCUT2D eigenvalue weighted by Crippen LogP contribution is -2.19. The molecule has 4 nitrogen and oxygen atoms in total. The van der Waals surface area contributed by atoms with Crippen LogP contribution in [0.15, 0.2) is 24.3 Å². The second-order valence-corrected chi connectivity index (χ2v) is 4.96. The van der Waals surface area contributed by atoms with Gasteiger partial charge in [0, 0.05) is 5.69 Å². The predicted molar refractivity (Wildman–Crippen MR) is 80.6 cm³/mol. The SMILES string of the molecule is CCCCC(CC)COC(=O)COc1ccc(N)cc1. The zero-order chi connectivity index (χ0) is 14.8. The molecular weight excluding hydrogens is 254 g/mol. The molecule has 0 bridgehead atoms. The number of nitrogens with two attached hydrogens (primary N) is 1. The molecule has 2 N–H and O–H groups in total. The molecule has 1 atom stereocenters. The largest absolute Gasteiger partial charge is 0.482 e. The van der Waals surface area contributed by atoms with Gasteiger partial charge in [-0.25, -0.2) is 4.79 Å². The van der Waals surface area contributed by atoms with E-state index in [0.29, 0.717) is 24.0 Å². The molecule has 0 radical (unpaired) electrons. The molecule has 1 rings (SSSR count). The standard InChI is InChI=1S/C16H25NO3/c1-3-5-6-13(4-2)11-20-16(18)12-19-15-9-7-14(17)8-10-15/h7-10,13H,3-6,11-12,17H2,1-2H3. The highest BCUT2D eigenvalue weighted by atomic mass is 16.6. The molecule has 0 spiro atoms. The Morgan fingerprint density at radius 2 is 1.95 bits per heavy atom. The zero-order valence-corrected chi connectivity index (χ0v) is 12.4. The lowest BCUT2D eigenvalue weighted by Gasteiger charge is -2.14. The Morgan fingerprint density at radius 3 is 2.55 bits per heavy atom. The summed E-state index contributed by atoms with van der Waals surface area (Å²) in [6, 6.07) is 6.94. The monoisotopic (exact) mass is 279 g/mol. The second-order valence-electron chi connectivity index (χ2n) is 4.96. The van der Waals surface area contributed by atoms with Gasteiger partial charge in [-0.3, -0.25) is 0 Å². The Hall–Kier alpha value is -1.71. The molecule has 0 aliphatic rings. The van der Waals surface area contributed by atoms with Gasteiger partial charge in [0.2, 0.25) is 0 Å². The number of benzene rings is 1. The summed E-state index contributed by atoms with van der Waals surface area (Å²) in [6.45, 7) is 4.72. The number of carbonyl (C=O) groups is 1. The van der Waals surface area contributed by atoms with E-state index in [1.54, 1.807) is 24.3 Å². The summed E-state index contributed by atoms with van der Waals surface area (Å²) in [6.07, 6.45) is 4.49. The third-order valence-electron chi connectivity index (χ3n) is 3.26. The number of hydrogen-bond acceptors (Lipinski definition) is 4. The van der Waals surface area contributed by atoms with Crippen LogP contribution in [-0.2, 0) is 9.53 Å². The first kappa shape index (κ1) is 16.3. The van der Waals surface area contributed by atoms with Crippen LogP contribution in [0.1, 0.15) is 39.5 Å². The van der Waals surface area contributed by atoms with Gasteiger partial charge in [-0.05, 0) is 36.6 Å². The number of unbranched alkanes of at least 4 members (excludes halogenated alkanes) is 1. The molecule has 0 fully saturated rings. The van der Waals surface area contributed by atoms with Crippen LogP contribution in [0.3, 0.4) is 0 Å². The lowest BCUT2D eigenvalue weighted by molar-refractivity contribution is -0.147. The van der Waals surface area contributed by atoms with Gasteiger partial charge in [0.1, 0.15) is 5.75 Å². The fourth-order valence-electron chi connectivity index (χ4n) is 1.86. The third kappa shape index (κ3) is 6.45. The second kappa shape index (κ2) is 9.23. The fourth-order valence-corrected chi connectivity index (χ4v) is 1.86. The maximum Gasteiger partial charge on any atom is 0.344 e. The highest BCUT2D eigenvalue weighted by Gasteiger charge is 2.10. The molecule has 0 aliphatic carbocycles. The summed E-state index contributed by atoms with van der Waals surface area (Å²) >= 11 is 0. The maximum absolute atomic E-state index is 11.6. The van der Waals surface area contributed by atoms with Gasteiger partial charge < -0.3 is 15.2 Å². The first-order valence-electron chi connectivity index (χ1n) is 7.29. The van der Waals surface area contributed by atoms with Crippen molar-refractivity contribution in [2.24, 2.45) is 5.92 Å². The number of esters is 1. The first-order valence-corrected chi connectivity index (χ1v) is 7.29. The van der Waals surface area contributed by atoms with E-state index in [1.165, 1.54) is 12.8 Å². The number of ether oxygens (including phenoxy) is 2. The van der Waals surface area contributed by atoms with Gasteiger partial charge in [-0.2, -0.15) is 0 Å². The molecule has 0 saturated heterocycles. The average Bonchev–Trinajstić information content (AvgIpc) is 2.47. The molecule has 0 heterocycles. The first-order chi connectivity index (χ1) is 9.65. The van der Waals surface area contributed by atoms with E-state index >= 15 is 0 Å². The molecule has 1 aromatic carbocycles. The van der Waals surface area contributed by atoms with Crippen molar-refractivity contribution in [2.75, 3.05) is 18.9 Å². The predicted octanol–water partition coefficient (Wildman–Crippen LogP) is 3.41. The minimum Gasteiger partial charge on any atom is -0.482 e. The molecule has 1 aromatic rings. The van der Waals surface area contributed by atoms with Crippen LogP contribution in [0.5, 0.6) is 5.75 Å². The molecule has 20 heavy (non-hydrogen) atoms. The van der Waals surface area contributed by atoms with Crippen molar-refractivity contribution in [3.8, 4) is 5.75 Å². The van der Waals surface area contributed by atoms with E-state index in [0.717, 1.165) is 12.8 Å². The Kier molecular flexibility index (Phi) is 7.55. The minimum atomic E-state index is -0.322. The summed E-state index contributed by atoms with van der Waals surface area (Å²) < 4.78 is 10.6. The van der Waals surface area contributed by atoms with Crippen LogP contribution in [0.2, 0.25) is 0 Å². The minimum absolute atomic E-state index is 0.0614. The molecule has 0 aliphatic heterocycles. The molecule has 1 unspecified atom stereocenters. The summed E-state index contributed by atoms with van der Waals surface area (Å²) in [5, 5.41) is 0. The zero-order valence-electron chi connectivity index (χ0n) is 12.4. The topological polar surface area (TPSA) is 61.5 Å². The normalized spacial score (nSPS) is 11.9. The van der Waals surface area contributed by atoms with Crippen LogP contribution < -0.4 is 10.5 Å². The number of carbonyl (C=O) groups excluding carboxylic acids is 1. The summed E-state index contributed by atoms with van der Waals surface area (Å²) in [4.78, 5) is 11.6. The Balaban J connectivity index is 2.24. The third-order valence-corrected chi connectivity index (χ3v) is 3.26. The summed E-state index contributed by atoms with van der Waals surface area (Å²) in [7, 11) is 0. The van der Waals surface area contributed by atoms with Crippen LogP contribution in [-0.4, -0.2) is 19.2 Å². The molecule has 0 saturated carbocycles. The highest BCUT2D eigenvalue weighted by molar-refractivity contribution is 5.71. The van der Waals surface area contributed by atoms with Crippen molar-refractivity contribution in [2.45, 2.75) is 39.5 Å². The Morgan fingerprint density at radius 1 is 1.25 bits per heavy atom. The van der Waals surface area contributed by atoms with Crippen LogP contribution in [0.25, 0.3) is 0 Å². The maximum atomic E-state index is 11.6. The van der Waals surface area contributed by atoms with Gasteiger partial charge in [0.05, 0.1) is 6.61 Å². The summed E-state index contributed by atoms with van der Waals surface area (Å²) in [5.74, 6) is 0.751. The van der Waals surface area contributed by atoms with E-state index < -0.39 is 0 Å². The van der Waals surface area contributed by atoms with Crippen molar-refractivity contribution < 1.29 is 14.3 Å². The van der Waals surface area contributed by atoms with Gasteiger partial charge in [-0.15, -0.1) is 0 Å². The Bertz CT molecular complexity index is 389. The fraction of sp³-hybridized carbons (Fsp3) is 0.562. The van der Waals surface area contributed by atoms with Gasteiger partial charge in [0.15, 0.2) is 6.61 Å². The highest BCUT2D eigenvalue weighted by Crippen LogP contribution is 2.14. The van der Waals surface area contributed by atoms with Crippen molar-refractivity contribution in [3.05, 3.63) is 24.3 Å².